The minimum absolute atomic E-state index is 0.0731. The maximum atomic E-state index is 11.8. The molecule has 0 aliphatic carbocycles. The van der Waals surface area contributed by atoms with Crippen LogP contribution in [0.2, 0.25) is 0 Å². The van der Waals surface area contributed by atoms with Crippen molar-refractivity contribution in [2.75, 3.05) is 20.3 Å². The molecular weight excluding hydrogens is 282 g/mol. The molecule has 0 aliphatic heterocycles. The van der Waals surface area contributed by atoms with E-state index >= 15 is 0 Å². The van der Waals surface area contributed by atoms with Crippen LogP contribution < -0.4 is 4.72 Å². The van der Waals surface area contributed by atoms with Gasteiger partial charge in [-0.15, -0.1) is 0 Å². The third-order valence-electron chi connectivity index (χ3n) is 2.70. The SMILES string of the molecule is COC(=O)c1ccc(CS(=O)(=O)NCC(C)CO)cc1. The highest BCUT2D eigenvalue weighted by Gasteiger charge is 2.13. The van der Waals surface area contributed by atoms with E-state index in [4.69, 9.17) is 5.11 Å². The average Bonchev–Trinajstić information content (AvgIpc) is 2.44. The number of ether oxygens (including phenoxy) is 1. The van der Waals surface area contributed by atoms with Gasteiger partial charge >= 0.3 is 5.97 Å². The molecule has 0 aromatic heterocycles. The van der Waals surface area contributed by atoms with Crippen molar-refractivity contribution in [3.63, 3.8) is 0 Å². The average molecular weight is 301 g/mol. The number of aliphatic hydroxyl groups excluding tert-OH is 1. The predicted molar refractivity (Wildman–Crippen MR) is 74.7 cm³/mol. The number of hydrogen-bond donors (Lipinski definition) is 2. The molecule has 0 bridgehead atoms. The van der Waals surface area contributed by atoms with Crippen LogP contribution >= 0.6 is 0 Å². The largest absolute Gasteiger partial charge is 0.465 e. The number of sulfonamides is 1. The fourth-order valence-corrected chi connectivity index (χ4v) is 2.73. The minimum Gasteiger partial charge on any atom is -0.465 e. The molecule has 0 saturated heterocycles. The molecule has 1 aromatic rings. The molecule has 1 atom stereocenters. The van der Waals surface area contributed by atoms with E-state index in [0.717, 1.165) is 0 Å². The second-order valence-electron chi connectivity index (χ2n) is 4.58. The molecule has 0 amide bonds. The van der Waals surface area contributed by atoms with Gasteiger partial charge in [-0.05, 0) is 23.6 Å². The molecule has 0 saturated carbocycles. The number of esters is 1. The number of nitrogens with one attached hydrogen (secondary N) is 1. The Labute approximate surface area is 118 Å². The van der Waals surface area contributed by atoms with E-state index in [-0.39, 0.29) is 24.8 Å². The maximum absolute atomic E-state index is 11.8. The van der Waals surface area contributed by atoms with Crippen molar-refractivity contribution in [3.05, 3.63) is 35.4 Å². The summed E-state index contributed by atoms with van der Waals surface area (Å²) < 4.78 is 30.6. The monoisotopic (exact) mass is 301 g/mol. The molecule has 7 heteroatoms. The van der Waals surface area contributed by atoms with Crippen LogP contribution in [0.25, 0.3) is 0 Å². The van der Waals surface area contributed by atoms with E-state index in [1.165, 1.54) is 19.2 Å². The van der Waals surface area contributed by atoms with E-state index in [1.54, 1.807) is 19.1 Å². The van der Waals surface area contributed by atoms with Crippen LogP contribution in [0.15, 0.2) is 24.3 Å². The molecule has 112 valence electrons. The molecule has 6 nitrogen and oxygen atoms in total. The van der Waals surface area contributed by atoms with Crippen molar-refractivity contribution in [1.82, 2.24) is 4.72 Å². The van der Waals surface area contributed by atoms with Crippen molar-refractivity contribution in [2.45, 2.75) is 12.7 Å². The lowest BCUT2D eigenvalue weighted by molar-refractivity contribution is 0.0600. The van der Waals surface area contributed by atoms with Gasteiger partial charge in [0, 0.05) is 13.2 Å². The first-order valence-electron chi connectivity index (χ1n) is 6.13. The molecule has 1 unspecified atom stereocenters. The number of methoxy groups -OCH3 is 1. The molecule has 1 aromatic carbocycles. The molecule has 0 heterocycles. The number of carbonyl (C=O) groups is 1. The predicted octanol–water partition coefficient (Wildman–Crippen LogP) is 0.521. The van der Waals surface area contributed by atoms with Crippen LogP contribution in [0.1, 0.15) is 22.8 Å². The Hall–Kier alpha value is -1.44. The van der Waals surface area contributed by atoms with Crippen LogP contribution in [0.4, 0.5) is 0 Å². The second-order valence-corrected chi connectivity index (χ2v) is 6.39. The zero-order valence-electron chi connectivity index (χ0n) is 11.5. The molecule has 2 N–H and O–H groups in total. The van der Waals surface area contributed by atoms with Crippen LogP contribution in [0, 0.1) is 5.92 Å². The molecular formula is C13H19NO5S. The third-order valence-corrected chi connectivity index (χ3v) is 4.01. The summed E-state index contributed by atoms with van der Waals surface area (Å²) >= 11 is 0. The van der Waals surface area contributed by atoms with Crippen molar-refractivity contribution in [3.8, 4) is 0 Å². The third kappa shape index (κ3) is 5.28. The van der Waals surface area contributed by atoms with Gasteiger partial charge < -0.3 is 9.84 Å². The van der Waals surface area contributed by atoms with Crippen LogP contribution in [-0.2, 0) is 20.5 Å². The molecule has 1 rings (SSSR count). The Bertz CT molecular complexity index is 538. The Morgan fingerprint density at radius 1 is 1.35 bits per heavy atom. The molecule has 0 spiro atoms. The summed E-state index contributed by atoms with van der Waals surface area (Å²) in [6.07, 6.45) is 0. The molecule has 0 aliphatic rings. The van der Waals surface area contributed by atoms with Gasteiger partial charge in [0.2, 0.25) is 10.0 Å². The number of rotatable bonds is 7. The number of benzene rings is 1. The summed E-state index contributed by atoms with van der Waals surface area (Å²) in [5, 5.41) is 8.85. The van der Waals surface area contributed by atoms with Crippen molar-refractivity contribution in [2.24, 2.45) is 5.92 Å². The highest BCUT2D eigenvalue weighted by molar-refractivity contribution is 7.88. The Balaban J connectivity index is 2.66. The van der Waals surface area contributed by atoms with Gasteiger partial charge in [0.15, 0.2) is 0 Å². The van der Waals surface area contributed by atoms with Crippen molar-refractivity contribution >= 4 is 16.0 Å². The van der Waals surface area contributed by atoms with E-state index in [0.29, 0.717) is 11.1 Å². The molecule has 0 fully saturated rings. The van der Waals surface area contributed by atoms with Crippen LogP contribution in [0.5, 0.6) is 0 Å². The minimum atomic E-state index is -3.46. The van der Waals surface area contributed by atoms with Gasteiger partial charge in [0.25, 0.3) is 0 Å². The van der Waals surface area contributed by atoms with Gasteiger partial charge in [-0.1, -0.05) is 19.1 Å². The summed E-state index contributed by atoms with van der Waals surface area (Å²) in [6.45, 7) is 1.86. The van der Waals surface area contributed by atoms with Gasteiger partial charge in [-0.3, -0.25) is 0 Å². The quantitative estimate of drug-likeness (QED) is 0.716. The summed E-state index contributed by atoms with van der Waals surface area (Å²) in [6, 6.07) is 6.18. The first kappa shape index (κ1) is 16.6. The normalized spacial score (nSPS) is 12.9. The first-order chi connectivity index (χ1) is 9.38. The van der Waals surface area contributed by atoms with E-state index in [2.05, 4.69) is 9.46 Å². The number of hydrogen-bond acceptors (Lipinski definition) is 5. The topological polar surface area (TPSA) is 92.7 Å². The zero-order valence-corrected chi connectivity index (χ0v) is 12.3. The summed E-state index contributed by atoms with van der Waals surface area (Å²) in [7, 11) is -2.17. The van der Waals surface area contributed by atoms with Crippen LogP contribution in [-0.4, -0.2) is 39.8 Å². The molecule has 20 heavy (non-hydrogen) atoms. The standard InChI is InChI=1S/C13H19NO5S/c1-10(8-15)7-14-20(17,18)9-11-3-5-12(6-4-11)13(16)19-2/h3-6,10,14-15H,7-9H2,1-2H3. The number of carbonyl (C=O) groups excluding carboxylic acids is 1. The smallest absolute Gasteiger partial charge is 0.337 e. The van der Waals surface area contributed by atoms with Crippen LogP contribution in [0.3, 0.4) is 0 Å². The maximum Gasteiger partial charge on any atom is 0.337 e. The van der Waals surface area contributed by atoms with Gasteiger partial charge in [0.05, 0.1) is 18.4 Å². The lowest BCUT2D eigenvalue weighted by Crippen LogP contribution is -2.30. The Morgan fingerprint density at radius 2 is 1.95 bits per heavy atom. The summed E-state index contributed by atoms with van der Waals surface area (Å²) in [5.74, 6) is -0.771. The summed E-state index contributed by atoms with van der Waals surface area (Å²) in [5.41, 5.74) is 0.942. The lowest BCUT2D eigenvalue weighted by Gasteiger charge is -2.10. The first-order valence-corrected chi connectivity index (χ1v) is 7.78. The fraction of sp³-hybridized carbons (Fsp3) is 0.462. The summed E-state index contributed by atoms with van der Waals surface area (Å²) in [4.78, 5) is 11.2. The van der Waals surface area contributed by atoms with Gasteiger partial charge in [-0.25, -0.2) is 17.9 Å². The lowest BCUT2D eigenvalue weighted by atomic mass is 10.1. The van der Waals surface area contributed by atoms with E-state index in [9.17, 15) is 13.2 Å². The number of aliphatic hydroxyl groups is 1. The fourth-order valence-electron chi connectivity index (χ4n) is 1.46. The Morgan fingerprint density at radius 3 is 2.45 bits per heavy atom. The highest BCUT2D eigenvalue weighted by Crippen LogP contribution is 2.09. The zero-order chi connectivity index (χ0) is 15.2. The van der Waals surface area contributed by atoms with E-state index in [1.807, 2.05) is 0 Å². The van der Waals surface area contributed by atoms with Crippen molar-refractivity contribution in [1.29, 1.82) is 0 Å². The highest BCUT2D eigenvalue weighted by atomic mass is 32.2. The van der Waals surface area contributed by atoms with Gasteiger partial charge in [-0.2, -0.15) is 0 Å². The van der Waals surface area contributed by atoms with Gasteiger partial charge in [0.1, 0.15) is 0 Å². The van der Waals surface area contributed by atoms with Crippen molar-refractivity contribution < 1.29 is 23.1 Å². The second kappa shape index (κ2) is 7.37. The van der Waals surface area contributed by atoms with E-state index < -0.39 is 16.0 Å². The molecule has 0 radical (unpaired) electrons. The Kier molecular flexibility index (Phi) is 6.12.